The number of rotatable bonds is 2. The molecule has 0 atom stereocenters. The van der Waals surface area contributed by atoms with Crippen molar-refractivity contribution in [1.82, 2.24) is 9.97 Å². The predicted molar refractivity (Wildman–Crippen MR) is 82.5 cm³/mol. The zero-order chi connectivity index (χ0) is 15.0. The predicted octanol–water partition coefficient (Wildman–Crippen LogP) is 2.28. The van der Waals surface area contributed by atoms with Gasteiger partial charge < -0.3 is 5.73 Å². The molecular formula is C15H13N3O2S. The highest BCUT2D eigenvalue weighted by Crippen LogP contribution is 2.26. The van der Waals surface area contributed by atoms with E-state index in [4.69, 9.17) is 5.73 Å². The maximum atomic E-state index is 11.6. The van der Waals surface area contributed by atoms with E-state index >= 15 is 0 Å². The number of benzene rings is 1. The molecule has 0 aliphatic heterocycles. The van der Waals surface area contributed by atoms with Crippen LogP contribution in [0.3, 0.4) is 0 Å². The largest absolute Gasteiger partial charge is 0.398 e. The van der Waals surface area contributed by atoms with Gasteiger partial charge in [0.1, 0.15) is 0 Å². The second kappa shape index (κ2) is 4.82. The molecule has 0 amide bonds. The average Bonchev–Trinajstić information content (AvgIpc) is 2.46. The topological polar surface area (TPSA) is 85.9 Å². The molecule has 0 spiro atoms. The average molecular weight is 299 g/mol. The van der Waals surface area contributed by atoms with Gasteiger partial charge in [0.05, 0.1) is 16.1 Å². The Balaban J connectivity index is 2.21. The molecule has 0 radical (unpaired) electrons. The van der Waals surface area contributed by atoms with Crippen molar-refractivity contribution in [2.45, 2.75) is 4.90 Å². The first kappa shape index (κ1) is 13.5. The number of nitrogens with zero attached hydrogens (tertiary/aromatic N) is 2. The summed E-state index contributed by atoms with van der Waals surface area (Å²) in [4.78, 5) is 8.65. The molecular weight excluding hydrogens is 286 g/mol. The van der Waals surface area contributed by atoms with Gasteiger partial charge in [0.15, 0.2) is 9.84 Å². The van der Waals surface area contributed by atoms with Gasteiger partial charge in [-0.25, -0.2) is 13.4 Å². The lowest BCUT2D eigenvalue weighted by atomic mass is 10.1. The summed E-state index contributed by atoms with van der Waals surface area (Å²) in [5, 5.41) is 0.869. The molecule has 106 valence electrons. The summed E-state index contributed by atoms with van der Waals surface area (Å²) in [6, 6.07) is 10.8. The van der Waals surface area contributed by atoms with Crippen LogP contribution in [0.25, 0.3) is 22.2 Å². The van der Waals surface area contributed by atoms with Gasteiger partial charge in [0.25, 0.3) is 0 Å². The van der Waals surface area contributed by atoms with E-state index in [1.54, 1.807) is 18.3 Å². The van der Waals surface area contributed by atoms with Crippen LogP contribution in [0.5, 0.6) is 0 Å². The Morgan fingerprint density at radius 1 is 1.10 bits per heavy atom. The lowest BCUT2D eigenvalue weighted by Crippen LogP contribution is -1.99. The first-order chi connectivity index (χ1) is 9.95. The molecule has 2 N–H and O–H groups in total. The quantitative estimate of drug-likeness (QED) is 0.784. The number of anilines is 1. The van der Waals surface area contributed by atoms with E-state index < -0.39 is 9.84 Å². The van der Waals surface area contributed by atoms with Gasteiger partial charge in [-0.05, 0) is 18.2 Å². The summed E-state index contributed by atoms with van der Waals surface area (Å²) < 4.78 is 23.2. The molecule has 0 saturated carbocycles. The van der Waals surface area contributed by atoms with E-state index in [1.165, 1.54) is 6.20 Å². The van der Waals surface area contributed by atoms with Crippen LogP contribution in [-0.2, 0) is 9.84 Å². The summed E-state index contributed by atoms with van der Waals surface area (Å²) in [6.07, 6.45) is 4.05. The molecule has 0 unspecified atom stereocenters. The van der Waals surface area contributed by atoms with Crippen LogP contribution in [0.4, 0.5) is 5.69 Å². The lowest BCUT2D eigenvalue weighted by molar-refractivity contribution is 0.601. The van der Waals surface area contributed by atoms with Crippen molar-refractivity contribution in [2.75, 3.05) is 12.0 Å². The number of nitrogens with two attached hydrogens (primary N) is 1. The summed E-state index contributed by atoms with van der Waals surface area (Å²) in [7, 11) is -3.31. The van der Waals surface area contributed by atoms with Crippen LogP contribution in [0, 0.1) is 0 Å². The highest BCUT2D eigenvalue weighted by atomic mass is 32.2. The molecule has 0 fully saturated rings. The Labute approximate surface area is 122 Å². The normalized spacial score (nSPS) is 11.7. The van der Waals surface area contributed by atoms with Gasteiger partial charge in [-0.2, -0.15) is 0 Å². The van der Waals surface area contributed by atoms with E-state index in [0.717, 1.165) is 17.2 Å². The van der Waals surface area contributed by atoms with Gasteiger partial charge in [0.2, 0.25) is 0 Å². The first-order valence-electron chi connectivity index (χ1n) is 6.26. The standard InChI is InChI=1S/C15H13N3O2S/c1-21(19,20)11-6-10(8-17-9-11)15-7-13(16)12-4-2-3-5-14(12)18-15/h2-9H,1H3,(H2,16,18). The van der Waals surface area contributed by atoms with E-state index in [9.17, 15) is 8.42 Å². The smallest absolute Gasteiger partial charge is 0.177 e. The third kappa shape index (κ3) is 2.57. The molecule has 1 aromatic carbocycles. The molecule has 3 aromatic rings. The summed E-state index contributed by atoms with van der Waals surface area (Å²) in [5.41, 5.74) is 8.62. The lowest BCUT2D eigenvalue weighted by Gasteiger charge is -2.07. The molecule has 0 bridgehead atoms. The number of para-hydroxylation sites is 1. The van der Waals surface area contributed by atoms with Gasteiger partial charge >= 0.3 is 0 Å². The Morgan fingerprint density at radius 2 is 1.86 bits per heavy atom. The number of hydrogen-bond acceptors (Lipinski definition) is 5. The SMILES string of the molecule is CS(=O)(=O)c1cncc(-c2cc(N)c3ccccc3n2)c1. The maximum absolute atomic E-state index is 11.6. The number of nitrogen functional groups attached to an aromatic ring is 1. The minimum atomic E-state index is -3.31. The molecule has 2 aromatic heterocycles. The Morgan fingerprint density at radius 3 is 2.62 bits per heavy atom. The molecule has 21 heavy (non-hydrogen) atoms. The second-order valence-electron chi connectivity index (χ2n) is 4.80. The first-order valence-corrected chi connectivity index (χ1v) is 8.15. The van der Waals surface area contributed by atoms with Gasteiger partial charge in [0, 0.05) is 35.3 Å². The van der Waals surface area contributed by atoms with Gasteiger partial charge in [-0.3, -0.25) is 4.98 Å². The van der Waals surface area contributed by atoms with Crippen molar-refractivity contribution in [3.05, 3.63) is 48.8 Å². The fourth-order valence-corrected chi connectivity index (χ4v) is 2.71. The highest BCUT2D eigenvalue weighted by Gasteiger charge is 2.11. The fraction of sp³-hybridized carbons (Fsp3) is 0.0667. The molecule has 5 nitrogen and oxygen atoms in total. The van der Waals surface area contributed by atoms with Crippen LogP contribution in [0.2, 0.25) is 0 Å². The zero-order valence-corrected chi connectivity index (χ0v) is 12.1. The number of pyridine rings is 2. The number of fused-ring (bicyclic) bond motifs is 1. The van der Waals surface area contributed by atoms with Crippen LogP contribution in [0.1, 0.15) is 0 Å². The van der Waals surface area contributed by atoms with Crippen LogP contribution in [-0.4, -0.2) is 24.6 Å². The van der Waals surface area contributed by atoms with E-state index in [1.807, 2.05) is 24.3 Å². The summed E-state index contributed by atoms with van der Waals surface area (Å²) in [6.45, 7) is 0. The second-order valence-corrected chi connectivity index (χ2v) is 6.81. The number of hydrogen-bond donors (Lipinski definition) is 1. The molecule has 6 heteroatoms. The molecule has 0 aliphatic rings. The maximum Gasteiger partial charge on any atom is 0.177 e. The third-order valence-corrected chi connectivity index (χ3v) is 4.26. The van der Waals surface area contributed by atoms with Crippen LogP contribution < -0.4 is 5.73 Å². The van der Waals surface area contributed by atoms with Gasteiger partial charge in [-0.1, -0.05) is 18.2 Å². The van der Waals surface area contributed by atoms with Crippen LogP contribution in [0.15, 0.2) is 53.7 Å². The van der Waals surface area contributed by atoms with Crippen molar-refractivity contribution in [2.24, 2.45) is 0 Å². The third-order valence-electron chi connectivity index (χ3n) is 3.19. The van der Waals surface area contributed by atoms with Crippen molar-refractivity contribution in [3.8, 4) is 11.3 Å². The van der Waals surface area contributed by atoms with Crippen molar-refractivity contribution >= 4 is 26.4 Å². The highest BCUT2D eigenvalue weighted by molar-refractivity contribution is 7.90. The fourth-order valence-electron chi connectivity index (χ4n) is 2.11. The summed E-state index contributed by atoms with van der Waals surface area (Å²) in [5.74, 6) is 0. The monoisotopic (exact) mass is 299 g/mol. The van der Waals surface area contributed by atoms with Crippen molar-refractivity contribution in [3.63, 3.8) is 0 Å². The van der Waals surface area contributed by atoms with Crippen molar-refractivity contribution in [1.29, 1.82) is 0 Å². The van der Waals surface area contributed by atoms with E-state index in [-0.39, 0.29) is 4.90 Å². The number of aromatic nitrogens is 2. The minimum Gasteiger partial charge on any atom is -0.398 e. The zero-order valence-electron chi connectivity index (χ0n) is 11.3. The minimum absolute atomic E-state index is 0.161. The molecule has 0 aliphatic carbocycles. The Bertz CT molecular complexity index is 937. The van der Waals surface area contributed by atoms with E-state index in [2.05, 4.69) is 9.97 Å². The Hall–Kier alpha value is -2.47. The van der Waals surface area contributed by atoms with Crippen LogP contribution >= 0.6 is 0 Å². The molecule has 2 heterocycles. The summed E-state index contributed by atoms with van der Waals surface area (Å²) >= 11 is 0. The number of sulfone groups is 1. The molecule has 3 rings (SSSR count). The molecule has 0 saturated heterocycles. The Kier molecular flexibility index (Phi) is 3.10. The van der Waals surface area contributed by atoms with Crippen molar-refractivity contribution < 1.29 is 8.42 Å². The van der Waals surface area contributed by atoms with Gasteiger partial charge in [-0.15, -0.1) is 0 Å². The van der Waals surface area contributed by atoms with E-state index in [0.29, 0.717) is 16.9 Å².